The standard InChI is InChI=1S/C40H55ClO11/c1-6-29(3)36(41)28-49-37(44)32-20-24-35(25-21-32)50-38(45)33-18-22-34(23-19-33)47-26-16-14-12-10-8-9-11-13-15-17-27-48-39(46)40(7-2,51-30(4)42)52-31(5)43/h18-25,29,36H,6-17,26-28H2,1-5H3. The molecule has 0 amide bonds. The largest absolute Gasteiger partial charge is 0.494 e. The molecule has 2 aromatic carbocycles. The summed E-state index contributed by atoms with van der Waals surface area (Å²) in [4.78, 5) is 60.2. The lowest BCUT2D eigenvalue weighted by molar-refractivity contribution is -0.239. The number of carbonyl (C=O) groups excluding carboxylic acids is 5. The highest BCUT2D eigenvalue weighted by Gasteiger charge is 2.46. The smallest absolute Gasteiger partial charge is 0.393 e. The summed E-state index contributed by atoms with van der Waals surface area (Å²) in [5.74, 6) is -4.14. The van der Waals surface area contributed by atoms with Gasteiger partial charge in [-0.15, -0.1) is 11.6 Å². The Bertz CT molecular complexity index is 1380. The van der Waals surface area contributed by atoms with Crippen molar-refractivity contribution in [2.75, 3.05) is 19.8 Å². The molecule has 0 fully saturated rings. The third kappa shape index (κ3) is 16.5. The van der Waals surface area contributed by atoms with Gasteiger partial charge in [0, 0.05) is 20.3 Å². The zero-order valence-corrected chi connectivity index (χ0v) is 32.0. The van der Waals surface area contributed by atoms with E-state index in [1.807, 2.05) is 13.8 Å². The van der Waals surface area contributed by atoms with Gasteiger partial charge < -0.3 is 28.4 Å². The molecule has 11 nitrogen and oxygen atoms in total. The molecule has 0 aliphatic rings. The van der Waals surface area contributed by atoms with Crippen molar-refractivity contribution in [2.24, 2.45) is 5.92 Å². The van der Waals surface area contributed by atoms with Crippen molar-refractivity contribution in [1.29, 1.82) is 0 Å². The highest BCUT2D eigenvalue weighted by molar-refractivity contribution is 6.21. The van der Waals surface area contributed by atoms with Crippen LogP contribution in [-0.2, 0) is 33.3 Å². The van der Waals surface area contributed by atoms with Gasteiger partial charge in [-0.2, -0.15) is 0 Å². The van der Waals surface area contributed by atoms with Gasteiger partial charge in [-0.3, -0.25) is 9.59 Å². The summed E-state index contributed by atoms with van der Waals surface area (Å²) in [7, 11) is 0. The van der Waals surface area contributed by atoms with Crippen LogP contribution in [0.4, 0.5) is 0 Å². The molecule has 2 rings (SSSR count). The predicted octanol–water partition coefficient (Wildman–Crippen LogP) is 8.77. The maximum absolute atomic E-state index is 12.6. The molecule has 0 heterocycles. The normalized spacial score (nSPS) is 12.3. The van der Waals surface area contributed by atoms with E-state index in [-0.39, 0.29) is 30.9 Å². The van der Waals surface area contributed by atoms with Gasteiger partial charge in [0.05, 0.1) is 29.7 Å². The molecule has 0 aliphatic carbocycles. The van der Waals surface area contributed by atoms with Crippen LogP contribution in [0.3, 0.4) is 0 Å². The number of esters is 5. The zero-order valence-electron chi connectivity index (χ0n) is 31.2. The third-order valence-electron chi connectivity index (χ3n) is 8.46. The highest BCUT2D eigenvalue weighted by Crippen LogP contribution is 2.22. The lowest BCUT2D eigenvalue weighted by Gasteiger charge is -2.28. The molecule has 0 aromatic heterocycles. The number of rotatable bonds is 25. The minimum atomic E-state index is -2.03. The number of ether oxygens (including phenoxy) is 6. The summed E-state index contributed by atoms with van der Waals surface area (Å²) >= 11 is 6.25. The second-order valence-corrected chi connectivity index (χ2v) is 13.3. The number of hydrogen-bond acceptors (Lipinski definition) is 11. The Morgan fingerprint density at radius 2 is 1.10 bits per heavy atom. The van der Waals surface area contributed by atoms with Gasteiger partial charge in [0.1, 0.15) is 18.1 Å². The van der Waals surface area contributed by atoms with E-state index >= 15 is 0 Å². The second kappa shape index (κ2) is 24.2. The quantitative estimate of drug-likeness (QED) is 0.0240. The fourth-order valence-corrected chi connectivity index (χ4v) is 5.35. The van der Waals surface area contributed by atoms with Crippen molar-refractivity contribution in [3.63, 3.8) is 0 Å². The van der Waals surface area contributed by atoms with E-state index in [4.69, 9.17) is 40.0 Å². The van der Waals surface area contributed by atoms with Gasteiger partial charge in [-0.25, -0.2) is 14.4 Å². The van der Waals surface area contributed by atoms with Gasteiger partial charge in [0.2, 0.25) is 0 Å². The topological polar surface area (TPSA) is 141 Å². The van der Waals surface area contributed by atoms with Crippen LogP contribution >= 0.6 is 11.6 Å². The van der Waals surface area contributed by atoms with Crippen LogP contribution in [0.5, 0.6) is 11.5 Å². The number of hydrogen-bond donors (Lipinski definition) is 0. The molecule has 0 saturated carbocycles. The average molecular weight is 747 g/mol. The predicted molar refractivity (Wildman–Crippen MR) is 196 cm³/mol. The first-order valence-corrected chi connectivity index (χ1v) is 18.8. The van der Waals surface area contributed by atoms with Crippen LogP contribution < -0.4 is 9.47 Å². The first kappa shape index (κ1) is 44.0. The number of halogens is 1. The number of unbranched alkanes of at least 4 members (excludes halogenated alkanes) is 9. The molecular formula is C40H55ClO11. The van der Waals surface area contributed by atoms with Gasteiger partial charge >= 0.3 is 35.6 Å². The van der Waals surface area contributed by atoms with E-state index in [0.29, 0.717) is 35.7 Å². The lowest BCUT2D eigenvalue weighted by atomic mass is 10.1. The Labute approximate surface area is 312 Å². The van der Waals surface area contributed by atoms with E-state index in [2.05, 4.69) is 0 Å². The molecule has 0 saturated heterocycles. The van der Waals surface area contributed by atoms with Gasteiger partial charge in [0.15, 0.2) is 0 Å². The van der Waals surface area contributed by atoms with Gasteiger partial charge in [0.25, 0.3) is 0 Å². The van der Waals surface area contributed by atoms with E-state index in [0.717, 1.165) is 78.1 Å². The molecule has 12 heteroatoms. The summed E-state index contributed by atoms with van der Waals surface area (Å²) in [6, 6.07) is 13.0. The summed E-state index contributed by atoms with van der Waals surface area (Å²) in [6.45, 7) is 8.78. The average Bonchev–Trinajstić information content (AvgIpc) is 3.13. The minimum Gasteiger partial charge on any atom is -0.494 e. The summed E-state index contributed by atoms with van der Waals surface area (Å²) in [5, 5.41) is -0.248. The molecule has 0 aliphatic heterocycles. The number of carbonyl (C=O) groups is 5. The van der Waals surface area contributed by atoms with Crippen molar-refractivity contribution in [2.45, 2.75) is 123 Å². The van der Waals surface area contributed by atoms with Crippen LogP contribution in [-0.4, -0.2) is 60.8 Å². The van der Waals surface area contributed by atoms with Crippen LogP contribution in [0.25, 0.3) is 0 Å². The van der Waals surface area contributed by atoms with Crippen molar-refractivity contribution < 1.29 is 52.4 Å². The highest BCUT2D eigenvalue weighted by atomic mass is 35.5. The fourth-order valence-electron chi connectivity index (χ4n) is 5.11. The zero-order chi connectivity index (χ0) is 38.4. The summed E-state index contributed by atoms with van der Waals surface area (Å²) < 4.78 is 31.8. The maximum atomic E-state index is 12.6. The Balaban J connectivity index is 1.53. The van der Waals surface area contributed by atoms with Crippen molar-refractivity contribution in [3.8, 4) is 11.5 Å². The van der Waals surface area contributed by atoms with E-state index < -0.39 is 35.6 Å². The monoisotopic (exact) mass is 746 g/mol. The molecular weight excluding hydrogens is 692 g/mol. The van der Waals surface area contributed by atoms with Crippen LogP contribution in [0.1, 0.15) is 132 Å². The summed E-state index contributed by atoms with van der Waals surface area (Å²) in [6.07, 6.45) is 11.1. The first-order valence-electron chi connectivity index (χ1n) is 18.3. The number of benzene rings is 2. The van der Waals surface area contributed by atoms with Crippen molar-refractivity contribution in [1.82, 2.24) is 0 Å². The van der Waals surface area contributed by atoms with E-state index in [1.54, 1.807) is 55.5 Å². The lowest BCUT2D eigenvalue weighted by Crippen LogP contribution is -2.47. The molecule has 0 radical (unpaired) electrons. The fraction of sp³-hybridized carbons (Fsp3) is 0.575. The molecule has 2 unspecified atom stereocenters. The van der Waals surface area contributed by atoms with Crippen molar-refractivity contribution >= 4 is 41.4 Å². The van der Waals surface area contributed by atoms with Crippen molar-refractivity contribution in [3.05, 3.63) is 59.7 Å². The Morgan fingerprint density at radius 1 is 0.635 bits per heavy atom. The van der Waals surface area contributed by atoms with Gasteiger partial charge in [-0.1, -0.05) is 78.6 Å². The Morgan fingerprint density at radius 3 is 1.58 bits per heavy atom. The maximum Gasteiger partial charge on any atom is 0.393 e. The van der Waals surface area contributed by atoms with E-state index in [1.165, 1.54) is 0 Å². The van der Waals surface area contributed by atoms with Crippen LogP contribution in [0.15, 0.2) is 48.5 Å². The number of alkyl halides is 1. The van der Waals surface area contributed by atoms with Gasteiger partial charge in [-0.05, 0) is 67.3 Å². The Kier molecular flexibility index (Phi) is 20.5. The second-order valence-electron chi connectivity index (χ2n) is 12.8. The minimum absolute atomic E-state index is 0.0385. The molecule has 52 heavy (non-hydrogen) atoms. The molecule has 2 aromatic rings. The summed E-state index contributed by atoms with van der Waals surface area (Å²) in [5.41, 5.74) is 0.731. The molecule has 288 valence electrons. The molecule has 0 N–H and O–H groups in total. The third-order valence-corrected chi connectivity index (χ3v) is 9.02. The van der Waals surface area contributed by atoms with Crippen LogP contribution in [0, 0.1) is 5.92 Å². The molecule has 0 bridgehead atoms. The SMILES string of the molecule is CCC(C)C(Cl)COC(=O)c1ccc(OC(=O)c2ccc(OCCCCCCCCCCCCOC(=O)C(CC)(OC(C)=O)OC(C)=O)cc2)cc1. The van der Waals surface area contributed by atoms with E-state index in [9.17, 15) is 24.0 Å². The first-order chi connectivity index (χ1) is 24.9. The molecule has 0 spiro atoms. The molecule has 2 atom stereocenters. The van der Waals surface area contributed by atoms with Crippen LogP contribution in [0.2, 0.25) is 0 Å². The Hall–Kier alpha value is -4.12.